The first-order chi connectivity index (χ1) is 11.3. The first-order valence-electron chi connectivity index (χ1n) is 9.99. The number of rotatable bonds is 1. The average Bonchev–Trinajstić information content (AvgIpc) is 2.89. The van der Waals surface area contributed by atoms with Crippen LogP contribution in [0.25, 0.3) is 0 Å². The number of carbonyl (C=O) groups is 1. The smallest absolute Gasteiger partial charge is 0.178 e. The van der Waals surface area contributed by atoms with Crippen molar-refractivity contribution in [2.75, 3.05) is 0 Å². The number of fused-ring (bicyclic) bond motifs is 5. The van der Waals surface area contributed by atoms with Crippen LogP contribution in [0.1, 0.15) is 72.1 Å². The van der Waals surface area contributed by atoms with E-state index in [9.17, 15) is 9.90 Å². The Hall–Kier alpha value is -0.830. The third-order valence-electron chi connectivity index (χ3n) is 8.83. The number of hydrogen-bond donors (Lipinski definition) is 2. The molecular formula is C21H33NO2. The lowest BCUT2D eigenvalue weighted by Gasteiger charge is -2.58. The lowest BCUT2D eigenvalue weighted by Crippen LogP contribution is -2.52. The summed E-state index contributed by atoms with van der Waals surface area (Å²) in [6.45, 7) is 6.83. The van der Waals surface area contributed by atoms with E-state index in [4.69, 9.17) is 5.73 Å². The van der Waals surface area contributed by atoms with Crippen LogP contribution in [0.3, 0.4) is 0 Å². The summed E-state index contributed by atoms with van der Waals surface area (Å²) in [7, 11) is 0. The molecule has 0 spiro atoms. The molecule has 0 aromatic heterocycles. The lowest BCUT2D eigenvalue weighted by atomic mass is 9.46. The topological polar surface area (TPSA) is 63.3 Å². The number of Topliss-reactive ketones (excluding diaryl/α,β-unsaturated/α-hetero) is 1. The number of aliphatic hydroxyl groups is 1. The molecule has 3 fully saturated rings. The third-order valence-corrected chi connectivity index (χ3v) is 8.83. The third kappa shape index (κ3) is 2.03. The molecule has 7 atom stereocenters. The highest BCUT2D eigenvalue weighted by atomic mass is 16.3. The lowest BCUT2D eigenvalue weighted by molar-refractivity contribution is -0.119. The molecule has 134 valence electrons. The van der Waals surface area contributed by atoms with Gasteiger partial charge in [0, 0.05) is 6.42 Å². The normalized spacial score (nSPS) is 49.4. The summed E-state index contributed by atoms with van der Waals surface area (Å²) in [6, 6.07) is 0. The molecule has 4 rings (SSSR count). The molecule has 1 unspecified atom stereocenters. The van der Waals surface area contributed by atoms with Crippen molar-refractivity contribution in [3.05, 3.63) is 11.3 Å². The fraction of sp³-hybridized carbons (Fsp3) is 0.857. The molecule has 0 amide bonds. The fourth-order valence-electron chi connectivity index (χ4n) is 7.59. The summed E-state index contributed by atoms with van der Waals surface area (Å²) >= 11 is 0. The molecule has 24 heavy (non-hydrogen) atoms. The first kappa shape index (κ1) is 16.6. The van der Waals surface area contributed by atoms with Crippen LogP contribution in [0.4, 0.5) is 0 Å². The Balaban J connectivity index is 1.68. The Kier molecular flexibility index (Phi) is 3.69. The van der Waals surface area contributed by atoms with Gasteiger partial charge in [-0.15, -0.1) is 0 Å². The predicted molar refractivity (Wildman–Crippen MR) is 95.0 cm³/mol. The minimum absolute atomic E-state index is 0.144. The molecule has 0 aromatic carbocycles. The van der Waals surface area contributed by atoms with Crippen LogP contribution in [0.2, 0.25) is 0 Å². The fourth-order valence-corrected chi connectivity index (χ4v) is 7.59. The minimum Gasteiger partial charge on any atom is -0.396 e. The molecule has 3 nitrogen and oxygen atoms in total. The number of carbonyl (C=O) groups excluding carboxylic acids is 1. The van der Waals surface area contributed by atoms with E-state index in [-0.39, 0.29) is 17.3 Å². The quantitative estimate of drug-likeness (QED) is 0.768. The molecule has 3 N–H and O–H groups in total. The molecular weight excluding hydrogens is 298 g/mol. The average molecular weight is 332 g/mol. The van der Waals surface area contributed by atoms with Crippen molar-refractivity contribution in [3.8, 4) is 0 Å². The summed E-state index contributed by atoms with van der Waals surface area (Å²) in [4.78, 5) is 12.1. The minimum atomic E-state index is -0.186. The molecule has 0 aromatic rings. The van der Waals surface area contributed by atoms with Gasteiger partial charge >= 0.3 is 0 Å². The molecule has 0 bridgehead atoms. The first-order valence-corrected chi connectivity index (χ1v) is 9.99. The van der Waals surface area contributed by atoms with Crippen molar-refractivity contribution in [1.29, 1.82) is 0 Å². The Morgan fingerprint density at radius 2 is 1.83 bits per heavy atom. The van der Waals surface area contributed by atoms with Crippen LogP contribution in [0, 0.1) is 34.5 Å². The summed E-state index contributed by atoms with van der Waals surface area (Å²) in [5.41, 5.74) is 8.57. The maximum atomic E-state index is 12.1. The van der Waals surface area contributed by atoms with Gasteiger partial charge in [0.15, 0.2) is 5.78 Å². The van der Waals surface area contributed by atoms with Crippen LogP contribution in [-0.2, 0) is 4.79 Å². The molecule has 3 saturated carbocycles. The summed E-state index contributed by atoms with van der Waals surface area (Å²) < 4.78 is 0. The Morgan fingerprint density at radius 3 is 2.54 bits per heavy atom. The van der Waals surface area contributed by atoms with Gasteiger partial charge in [0.25, 0.3) is 0 Å². The van der Waals surface area contributed by atoms with Crippen molar-refractivity contribution < 1.29 is 9.90 Å². The Morgan fingerprint density at radius 1 is 1.08 bits per heavy atom. The van der Waals surface area contributed by atoms with Gasteiger partial charge in [-0.25, -0.2) is 0 Å². The zero-order valence-corrected chi connectivity index (χ0v) is 15.5. The number of allylic oxidation sites excluding steroid dienone is 1. The van der Waals surface area contributed by atoms with E-state index in [1.807, 2.05) is 6.92 Å². The van der Waals surface area contributed by atoms with E-state index in [1.165, 1.54) is 37.7 Å². The standard InChI is InChI=1S/C21H33NO2/c1-12(23)14-6-7-15-13-4-5-17-19(22)18(24)9-11-21(17,3)16(13)8-10-20(14,15)2/h12-16,23H,4-11,22H2,1-3H3/t12?,13-,14+,15-,16-,20+,21+/m0/s1. The highest BCUT2D eigenvalue weighted by molar-refractivity contribution is 5.96. The van der Waals surface area contributed by atoms with Gasteiger partial charge < -0.3 is 10.8 Å². The maximum Gasteiger partial charge on any atom is 0.178 e. The van der Waals surface area contributed by atoms with Gasteiger partial charge in [0.05, 0.1) is 11.8 Å². The van der Waals surface area contributed by atoms with Crippen molar-refractivity contribution in [2.24, 2.45) is 40.2 Å². The van der Waals surface area contributed by atoms with E-state index in [0.29, 0.717) is 29.4 Å². The highest BCUT2D eigenvalue weighted by Gasteiger charge is 2.59. The van der Waals surface area contributed by atoms with Crippen LogP contribution in [0.15, 0.2) is 11.3 Å². The van der Waals surface area contributed by atoms with Gasteiger partial charge in [0.1, 0.15) is 0 Å². The monoisotopic (exact) mass is 331 g/mol. The molecule has 0 saturated heterocycles. The van der Waals surface area contributed by atoms with E-state index in [1.54, 1.807) is 0 Å². The second kappa shape index (κ2) is 5.33. The van der Waals surface area contributed by atoms with Gasteiger partial charge in [-0.1, -0.05) is 13.8 Å². The summed E-state index contributed by atoms with van der Waals surface area (Å²) in [6.07, 6.45) is 8.57. The second-order valence-corrected chi connectivity index (χ2v) is 9.62. The molecule has 0 aliphatic heterocycles. The van der Waals surface area contributed by atoms with Gasteiger partial charge in [-0.3, -0.25) is 4.79 Å². The number of ketones is 1. The zero-order chi connectivity index (χ0) is 17.3. The zero-order valence-electron chi connectivity index (χ0n) is 15.5. The van der Waals surface area contributed by atoms with E-state index >= 15 is 0 Å². The van der Waals surface area contributed by atoms with Gasteiger partial charge in [-0.2, -0.15) is 0 Å². The van der Waals surface area contributed by atoms with Gasteiger partial charge in [-0.05, 0) is 91.9 Å². The van der Waals surface area contributed by atoms with Crippen LogP contribution in [-0.4, -0.2) is 17.0 Å². The maximum absolute atomic E-state index is 12.1. The Labute approximate surface area is 146 Å². The Bertz CT molecular complexity index is 595. The number of hydrogen-bond acceptors (Lipinski definition) is 3. The molecule has 0 heterocycles. The highest BCUT2D eigenvalue weighted by Crippen LogP contribution is 2.67. The number of aliphatic hydroxyl groups excluding tert-OH is 1. The predicted octanol–water partition coefficient (Wildman–Crippen LogP) is 3.80. The summed E-state index contributed by atoms with van der Waals surface area (Å²) in [5.74, 6) is 2.82. The van der Waals surface area contributed by atoms with Crippen LogP contribution in [0.5, 0.6) is 0 Å². The SMILES string of the molecule is CC(O)[C@H]1CC[C@H]2[C@@H]3CCC4=C(N)C(=O)CC[C@]4(C)[C@H]3CC[C@]12C. The number of nitrogens with two attached hydrogens (primary N) is 1. The largest absolute Gasteiger partial charge is 0.396 e. The van der Waals surface area contributed by atoms with Gasteiger partial charge in [0.2, 0.25) is 0 Å². The summed E-state index contributed by atoms with van der Waals surface area (Å²) in [5, 5.41) is 10.3. The molecule has 4 aliphatic carbocycles. The molecule has 0 radical (unpaired) electrons. The van der Waals surface area contributed by atoms with Crippen molar-refractivity contribution in [3.63, 3.8) is 0 Å². The van der Waals surface area contributed by atoms with E-state index < -0.39 is 0 Å². The second-order valence-electron chi connectivity index (χ2n) is 9.62. The molecule has 3 heteroatoms. The molecule has 4 aliphatic rings. The van der Waals surface area contributed by atoms with E-state index in [0.717, 1.165) is 24.7 Å². The van der Waals surface area contributed by atoms with E-state index in [2.05, 4.69) is 13.8 Å². The van der Waals surface area contributed by atoms with Crippen molar-refractivity contribution in [1.82, 2.24) is 0 Å². The van der Waals surface area contributed by atoms with Crippen LogP contribution >= 0.6 is 0 Å². The van der Waals surface area contributed by atoms with Crippen molar-refractivity contribution in [2.45, 2.75) is 78.2 Å². The van der Waals surface area contributed by atoms with Crippen LogP contribution < -0.4 is 5.73 Å². The van der Waals surface area contributed by atoms with Crippen molar-refractivity contribution >= 4 is 5.78 Å².